The molecule has 0 atom stereocenters. The van der Waals surface area contributed by atoms with E-state index in [0.717, 1.165) is 11.5 Å². The highest BCUT2D eigenvalue weighted by atomic mass is 32.1. The molecule has 0 unspecified atom stereocenters. The van der Waals surface area contributed by atoms with Crippen LogP contribution in [0.4, 0.5) is 0 Å². The standard InChI is InChI=1S/C10H9N.C6H6O2S/c1-2-6-10(7-3-1)11-8-4-5-9-11;1-2-8-6-4-9-3-5(6)7-1/h1-9H;3-4H,1-2H2. The van der Waals surface area contributed by atoms with Crippen LogP contribution in [0.1, 0.15) is 0 Å². The first kappa shape index (κ1) is 12.8. The van der Waals surface area contributed by atoms with Crippen molar-refractivity contribution in [2.45, 2.75) is 0 Å². The zero-order chi connectivity index (χ0) is 13.6. The molecule has 4 rings (SSSR count). The van der Waals surface area contributed by atoms with Crippen LogP contribution in [0, 0.1) is 0 Å². The molecule has 0 saturated carbocycles. The molecule has 4 heteroatoms. The van der Waals surface area contributed by atoms with Crippen molar-refractivity contribution in [3.63, 3.8) is 0 Å². The van der Waals surface area contributed by atoms with Crippen LogP contribution in [0.15, 0.2) is 65.6 Å². The van der Waals surface area contributed by atoms with Crippen molar-refractivity contribution in [3.8, 4) is 17.2 Å². The number of para-hydroxylation sites is 1. The minimum absolute atomic E-state index is 0.684. The van der Waals surface area contributed by atoms with Crippen LogP contribution < -0.4 is 9.47 Å². The molecule has 3 aromatic rings. The molecule has 0 amide bonds. The smallest absolute Gasteiger partial charge is 0.172 e. The van der Waals surface area contributed by atoms with Gasteiger partial charge in [0.25, 0.3) is 0 Å². The van der Waals surface area contributed by atoms with Gasteiger partial charge in [-0.05, 0) is 24.3 Å². The van der Waals surface area contributed by atoms with E-state index in [0.29, 0.717) is 13.2 Å². The third-order valence-electron chi connectivity index (χ3n) is 2.85. The van der Waals surface area contributed by atoms with Gasteiger partial charge in [0.05, 0.1) is 0 Å². The fraction of sp³-hybridized carbons (Fsp3) is 0.125. The number of benzene rings is 1. The van der Waals surface area contributed by atoms with Gasteiger partial charge >= 0.3 is 0 Å². The van der Waals surface area contributed by atoms with Gasteiger partial charge in [-0.15, -0.1) is 11.3 Å². The number of hydrogen-bond acceptors (Lipinski definition) is 3. The van der Waals surface area contributed by atoms with Crippen molar-refractivity contribution in [2.24, 2.45) is 0 Å². The summed E-state index contributed by atoms with van der Waals surface area (Å²) < 4.78 is 12.6. The predicted molar refractivity (Wildman–Crippen MR) is 81.1 cm³/mol. The van der Waals surface area contributed by atoms with Gasteiger partial charge in [0.15, 0.2) is 11.5 Å². The minimum atomic E-state index is 0.684. The summed E-state index contributed by atoms with van der Waals surface area (Å²) in [7, 11) is 0. The zero-order valence-corrected chi connectivity index (χ0v) is 11.8. The summed E-state index contributed by atoms with van der Waals surface area (Å²) in [5.41, 5.74) is 1.21. The molecule has 0 spiro atoms. The number of nitrogens with zero attached hydrogens (tertiary/aromatic N) is 1. The van der Waals surface area contributed by atoms with Gasteiger partial charge in [-0.25, -0.2) is 0 Å². The van der Waals surface area contributed by atoms with Crippen molar-refractivity contribution >= 4 is 11.3 Å². The van der Waals surface area contributed by atoms with Crippen LogP contribution in [0.25, 0.3) is 5.69 Å². The maximum absolute atomic E-state index is 5.25. The molecular weight excluding hydrogens is 270 g/mol. The average molecular weight is 285 g/mol. The molecular formula is C16H15NO2S. The van der Waals surface area contributed by atoms with E-state index in [1.54, 1.807) is 11.3 Å². The maximum Gasteiger partial charge on any atom is 0.172 e. The van der Waals surface area contributed by atoms with E-state index in [4.69, 9.17) is 9.47 Å². The number of rotatable bonds is 1. The Hall–Kier alpha value is -2.20. The number of thiophene rings is 1. The Morgan fingerprint density at radius 3 is 2.00 bits per heavy atom. The Morgan fingerprint density at radius 1 is 0.800 bits per heavy atom. The lowest BCUT2D eigenvalue weighted by Gasteiger charge is -2.13. The summed E-state index contributed by atoms with van der Waals surface area (Å²) in [6.45, 7) is 1.37. The van der Waals surface area contributed by atoms with Crippen molar-refractivity contribution in [1.29, 1.82) is 0 Å². The summed E-state index contributed by atoms with van der Waals surface area (Å²) in [6.07, 6.45) is 4.07. The Balaban J connectivity index is 0.000000123. The van der Waals surface area contributed by atoms with Gasteiger partial charge in [-0.2, -0.15) is 0 Å². The van der Waals surface area contributed by atoms with E-state index >= 15 is 0 Å². The molecule has 0 aliphatic carbocycles. The van der Waals surface area contributed by atoms with Gasteiger partial charge < -0.3 is 14.0 Å². The van der Waals surface area contributed by atoms with Crippen molar-refractivity contribution in [2.75, 3.05) is 13.2 Å². The second kappa shape index (κ2) is 6.30. The zero-order valence-electron chi connectivity index (χ0n) is 10.9. The molecule has 1 aliphatic heterocycles. The number of hydrogen-bond donors (Lipinski definition) is 0. The second-order valence-corrected chi connectivity index (χ2v) is 4.97. The summed E-state index contributed by atoms with van der Waals surface area (Å²) >= 11 is 1.61. The second-order valence-electron chi connectivity index (χ2n) is 4.22. The number of ether oxygens (including phenoxy) is 2. The van der Waals surface area contributed by atoms with E-state index < -0.39 is 0 Å². The number of aromatic nitrogens is 1. The fourth-order valence-corrected chi connectivity index (χ4v) is 2.58. The van der Waals surface area contributed by atoms with Gasteiger partial charge in [0.1, 0.15) is 13.2 Å². The SMILES string of the molecule is c1ccc(-n2cccc2)cc1.c1scc2c1OCCO2. The molecule has 0 radical (unpaired) electrons. The van der Waals surface area contributed by atoms with Crippen molar-refractivity contribution < 1.29 is 9.47 Å². The van der Waals surface area contributed by atoms with E-state index in [-0.39, 0.29) is 0 Å². The predicted octanol–water partition coefficient (Wildman–Crippen LogP) is 4.00. The lowest BCUT2D eigenvalue weighted by atomic mass is 10.3. The van der Waals surface area contributed by atoms with E-state index in [2.05, 4.69) is 16.7 Å². The van der Waals surface area contributed by atoms with E-state index in [1.165, 1.54) is 5.69 Å². The highest BCUT2D eigenvalue weighted by Crippen LogP contribution is 2.33. The van der Waals surface area contributed by atoms with Gasteiger partial charge in [0.2, 0.25) is 0 Å². The summed E-state index contributed by atoms with van der Waals surface area (Å²) in [6, 6.07) is 14.3. The molecule has 1 aliphatic rings. The largest absolute Gasteiger partial charge is 0.485 e. The molecule has 0 saturated heterocycles. The lowest BCUT2D eigenvalue weighted by molar-refractivity contribution is 0.173. The summed E-state index contributed by atoms with van der Waals surface area (Å²) in [5, 5.41) is 3.91. The topological polar surface area (TPSA) is 23.4 Å². The first-order chi connectivity index (χ1) is 9.93. The minimum Gasteiger partial charge on any atom is -0.485 e. The normalized spacial score (nSPS) is 12.4. The quantitative estimate of drug-likeness (QED) is 0.674. The van der Waals surface area contributed by atoms with Crippen LogP contribution in [0.2, 0.25) is 0 Å². The van der Waals surface area contributed by atoms with Crippen LogP contribution in [0.3, 0.4) is 0 Å². The van der Waals surface area contributed by atoms with Crippen molar-refractivity contribution in [3.05, 3.63) is 65.6 Å². The average Bonchev–Trinajstić information content (AvgIpc) is 3.20. The van der Waals surface area contributed by atoms with Gasteiger partial charge in [-0.1, -0.05) is 18.2 Å². The monoisotopic (exact) mass is 285 g/mol. The van der Waals surface area contributed by atoms with E-state index in [1.807, 2.05) is 53.5 Å². The van der Waals surface area contributed by atoms with Crippen LogP contribution in [-0.4, -0.2) is 17.8 Å². The molecule has 3 nitrogen and oxygen atoms in total. The first-order valence-electron chi connectivity index (χ1n) is 6.44. The summed E-state index contributed by atoms with van der Waals surface area (Å²) in [5.74, 6) is 1.79. The maximum atomic E-state index is 5.25. The van der Waals surface area contributed by atoms with E-state index in [9.17, 15) is 0 Å². The lowest BCUT2D eigenvalue weighted by Crippen LogP contribution is -2.13. The third-order valence-corrected chi connectivity index (χ3v) is 3.55. The number of fused-ring (bicyclic) bond motifs is 1. The van der Waals surface area contributed by atoms with Crippen molar-refractivity contribution in [1.82, 2.24) is 4.57 Å². The fourth-order valence-electron chi connectivity index (χ4n) is 1.89. The Labute approximate surface area is 122 Å². The molecule has 2 aromatic heterocycles. The molecule has 102 valence electrons. The Bertz CT molecular complexity index is 611. The molecule has 0 bridgehead atoms. The van der Waals surface area contributed by atoms with Crippen LogP contribution >= 0.6 is 11.3 Å². The Kier molecular flexibility index (Phi) is 4.04. The van der Waals surface area contributed by atoms with Gasteiger partial charge in [0, 0.05) is 28.8 Å². The molecule has 1 aromatic carbocycles. The highest BCUT2D eigenvalue weighted by molar-refractivity contribution is 7.08. The van der Waals surface area contributed by atoms with Crippen LogP contribution in [0.5, 0.6) is 11.5 Å². The summed E-state index contributed by atoms with van der Waals surface area (Å²) in [4.78, 5) is 0. The molecule has 0 N–H and O–H groups in total. The van der Waals surface area contributed by atoms with Crippen LogP contribution in [-0.2, 0) is 0 Å². The molecule has 0 fully saturated rings. The Morgan fingerprint density at radius 2 is 1.40 bits per heavy atom. The molecule has 3 heterocycles. The molecule has 20 heavy (non-hydrogen) atoms. The highest BCUT2D eigenvalue weighted by Gasteiger charge is 2.10. The first-order valence-corrected chi connectivity index (χ1v) is 7.38. The van der Waals surface area contributed by atoms with Gasteiger partial charge in [-0.3, -0.25) is 0 Å². The third kappa shape index (κ3) is 3.03.